The van der Waals surface area contributed by atoms with Crippen LogP contribution in [0.1, 0.15) is 11.0 Å². The molecule has 126 valence electrons. The van der Waals surface area contributed by atoms with Crippen LogP contribution in [0, 0.1) is 0 Å². The van der Waals surface area contributed by atoms with E-state index in [0.29, 0.717) is 6.54 Å². The van der Waals surface area contributed by atoms with Crippen molar-refractivity contribution in [3.05, 3.63) is 27.7 Å². The quantitative estimate of drug-likeness (QED) is 0.508. The Bertz CT molecular complexity index is 756. The SMILES string of the molecule is CN1C(=O)CNCC1c1nc2cc(Br)ccc2s1.O=P(O)(O)O. The summed E-state index contributed by atoms with van der Waals surface area (Å²) >= 11 is 5.10. The molecule has 1 aromatic heterocycles. The first-order valence-corrected chi connectivity index (χ1v) is 9.63. The second-order valence-corrected chi connectivity index (χ2v) is 7.83. The Labute approximate surface area is 144 Å². The summed E-state index contributed by atoms with van der Waals surface area (Å²) in [4.78, 5) is 39.7. The molecule has 0 saturated carbocycles. The van der Waals surface area contributed by atoms with Gasteiger partial charge in [-0.3, -0.25) is 4.79 Å². The fourth-order valence-corrected chi connectivity index (χ4v) is 3.51. The maximum Gasteiger partial charge on any atom is 0.466 e. The van der Waals surface area contributed by atoms with Crippen molar-refractivity contribution in [3.63, 3.8) is 0 Å². The maximum absolute atomic E-state index is 11.7. The van der Waals surface area contributed by atoms with Crippen LogP contribution in [0.3, 0.4) is 0 Å². The Kier molecular flexibility index (Phi) is 5.90. The number of hydrogen-bond acceptors (Lipinski definition) is 5. The number of halogens is 1. The molecule has 4 N–H and O–H groups in total. The highest BCUT2D eigenvalue weighted by atomic mass is 79.9. The van der Waals surface area contributed by atoms with Gasteiger partial charge in [0.1, 0.15) is 5.01 Å². The summed E-state index contributed by atoms with van der Waals surface area (Å²) in [5.74, 6) is 0.117. The number of likely N-dealkylation sites (N-methyl/N-ethyl adjacent to an activating group) is 1. The monoisotopic (exact) mass is 423 g/mol. The number of fused-ring (bicyclic) bond motifs is 1. The summed E-state index contributed by atoms with van der Waals surface area (Å²) < 4.78 is 11.1. The lowest BCUT2D eigenvalue weighted by molar-refractivity contribution is -0.133. The summed E-state index contributed by atoms with van der Waals surface area (Å²) in [5.41, 5.74) is 0.982. The molecule has 1 aliphatic rings. The molecular weight excluding hydrogens is 409 g/mol. The van der Waals surface area contributed by atoms with Gasteiger partial charge in [0.25, 0.3) is 0 Å². The van der Waals surface area contributed by atoms with Crippen LogP contribution in [0.5, 0.6) is 0 Å². The molecule has 0 spiro atoms. The summed E-state index contributed by atoms with van der Waals surface area (Å²) in [7, 11) is -2.80. The first kappa shape index (κ1) is 18.5. The van der Waals surface area contributed by atoms with Gasteiger partial charge in [0, 0.05) is 18.1 Å². The third-order valence-corrected chi connectivity index (χ3v) is 4.76. The van der Waals surface area contributed by atoms with E-state index in [4.69, 9.17) is 19.2 Å². The molecule has 8 nitrogen and oxygen atoms in total. The molecule has 2 aromatic rings. The number of rotatable bonds is 1. The number of phosphoric acid groups is 1. The van der Waals surface area contributed by atoms with Crippen LogP contribution >= 0.6 is 35.1 Å². The lowest BCUT2D eigenvalue weighted by Gasteiger charge is -2.31. The Morgan fingerprint density at radius 2 is 2.09 bits per heavy atom. The minimum absolute atomic E-state index is 0.0439. The van der Waals surface area contributed by atoms with Crippen LogP contribution in [-0.4, -0.2) is 50.6 Å². The van der Waals surface area contributed by atoms with E-state index in [1.807, 2.05) is 19.2 Å². The van der Waals surface area contributed by atoms with Crippen molar-refractivity contribution in [3.8, 4) is 0 Å². The molecular formula is C12H15BrN3O5PS. The van der Waals surface area contributed by atoms with Crippen LogP contribution in [-0.2, 0) is 9.36 Å². The standard InChI is InChI=1S/C12H12BrN3OS.H3O4P/c1-16-9(5-14-6-11(16)17)12-15-8-4-7(13)2-3-10(8)18-12;1-5(2,3)4/h2-4,9,14H,5-6H2,1H3;(H3,1,2,3,4). The number of amides is 1. The van der Waals surface area contributed by atoms with Crippen LogP contribution in [0.25, 0.3) is 10.2 Å². The van der Waals surface area contributed by atoms with Gasteiger partial charge in [0.15, 0.2) is 0 Å². The molecule has 1 aromatic carbocycles. The molecule has 11 heteroatoms. The van der Waals surface area contributed by atoms with Crippen LogP contribution in [0.2, 0.25) is 0 Å². The fourth-order valence-electron chi connectivity index (χ4n) is 2.07. The van der Waals surface area contributed by atoms with Crippen LogP contribution in [0.15, 0.2) is 22.7 Å². The third-order valence-electron chi connectivity index (χ3n) is 3.13. The highest BCUT2D eigenvalue weighted by molar-refractivity contribution is 9.10. The average molecular weight is 424 g/mol. The van der Waals surface area contributed by atoms with Crippen molar-refractivity contribution in [2.45, 2.75) is 6.04 Å². The Hall–Kier alpha value is -0.870. The number of aromatic nitrogens is 1. The molecule has 1 fully saturated rings. The highest BCUT2D eigenvalue weighted by Gasteiger charge is 2.28. The van der Waals surface area contributed by atoms with Gasteiger partial charge in [-0.05, 0) is 18.2 Å². The molecule has 1 aliphatic heterocycles. The lowest BCUT2D eigenvalue weighted by Crippen LogP contribution is -2.47. The molecule has 1 atom stereocenters. The van der Waals surface area contributed by atoms with Gasteiger partial charge >= 0.3 is 7.82 Å². The zero-order chi connectivity index (χ0) is 17.2. The van der Waals surface area contributed by atoms with E-state index in [1.54, 1.807) is 16.2 Å². The second-order valence-electron chi connectivity index (χ2n) is 4.83. The molecule has 23 heavy (non-hydrogen) atoms. The van der Waals surface area contributed by atoms with E-state index in [2.05, 4.69) is 32.3 Å². The topological polar surface area (TPSA) is 123 Å². The summed E-state index contributed by atoms with van der Waals surface area (Å²) in [6.45, 7) is 1.19. The minimum Gasteiger partial charge on any atom is -0.334 e. The molecule has 0 radical (unpaired) electrons. The second kappa shape index (κ2) is 7.35. The van der Waals surface area contributed by atoms with E-state index in [-0.39, 0.29) is 11.9 Å². The summed E-state index contributed by atoms with van der Waals surface area (Å²) in [6.07, 6.45) is 0. The molecule has 1 saturated heterocycles. The van der Waals surface area contributed by atoms with Gasteiger partial charge in [-0.25, -0.2) is 9.55 Å². The lowest BCUT2D eigenvalue weighted by atomic mass is 10.2. The van der Waals surface area contributed by atoms with Crippen molar-refractivity contribution in [1.29, 1.82) is 0 Å². The largest absolute Gasteiger partial charge is 0.466 e. The number of benzene rings is 1. The van der Waals surface area contributed by atoms with Gasteiger partial charge in [0.2, 0.25) is 5.91 Å². The van der Waals surface area contributed by atoms with Gasteiger partial charge in [-0.1, -0.05) is 15.9 Å². The number of carbonyl (C=O) groups is 1. The van der Waals surface area contributed by atoms with Crippen molar-refractivity contribution in [2.24, 2.45) is 0 Å². The van der Waals surface area contributed by atoms with Gasteiger partial charge < -0.3 is 24.9 Å². The smallest absolute Gasteiger partial charge is 0.334 e. The number of carbonyl (C=O) groups excluding carboxylic acids is 1. The normalized spacial score (nSPS) is 18.7. The molecule has 0 bridgehead atoms. The average Bonchev–Trinajstić information content (AvgIpc) is 2.82. The fraction of sp³-hybridized carbons (Fsp3) is 0.333. The number of nitrogens with one attached hydrogen (secondary N) is 1. The summed E-state index contributed by atoms with van der Waals surface area (Å²) in [6, 6.07) is 6.12. The Morgan fingerprint density at radius 1 is 1.43 bits per heavy atom. The molecule has 3 rings (SSSR count). The zero-order valence-electron chi connectivity index (χ0n) is 12.0. The van der Waals surface area contributed by atoms with Gasteiger partial charge in [-0.2, -0.15) is 0 Å². The number of nitrogens with zero attached hydrogens (tertiary/aromatic N) is 2. The summed E-state index contributed by atoms with van der Waals surface area (Å²) in [5, 5.41) is 4.13. The first-order chi connectivity index (χ1) is 10.6. The molecule has 1 amide bonds. The van der Waals surface area contributed by atoms with Gasteiger partial charge in [-0.15, -0.1) is 11.3 Å². The zero-order valence-corrected chi connectivity index (χ0v) is 15.3. The molecule has 0 aliphatic carbocycles. The first-order valence-electron chi connectivity index (χ1n) is 6.46. The predicted octanol–water partition coefficient (Wildman–Crippen LogP) is 1.23. The number of piperazine rings is 1. The van der Waals surface area contributed by atoms with Crippen molar-refractivity contribution >= 4 is 51.2 Å². The van der Waals surface area contributed by atoms with Crippen LogP contribution < -0.4 is 5.32 Å². The Balaban J connectivity index is 0.000000338. The van der Waals surface area contributed by atoms with E-state index in [9.17, 15) is 4.79 Å². The van der Waals surface area contributed by atoms with Crippen molar-refractivity contribution in [2.75, 3.05) is 20.1 Å². The maximum atomic E-state index is 11.7. The minimum atomic E-state index is -4.64. The Morgan fingerprint density at radius 3 is 2.74 bits per heavy atom. The molecule has 2 heterocycles. The highest BCUT2D eigenvalue weighted by Crippen LogP contribution is 2.31. The third kappa shape index (κ3) is 5.32. The van der Waals surface area contributed by atoms with Gasteiger partial charge in [0.05, 0.1) is 22.8 Å². The van der Waals surface area contributed by atoms with Crippen molar-refractivity contribution < 1.29 is 24.0 Å². The van der Waals surface area contributed by atoms with E-state index in [0.717, 1.165) is 26.2 Å². The van der Waals surface area contributed by atoms with Crippen LogP contribution in [0.4, 0.5) is 0 Å². The van der Waals surface area contributed by atoms with Crippen molar-refractivity contribution in [1.82, 2.24) is 15.2 Å². The predicted molar refractivity (Wildman–Crippen MR) is 90.0 cm³/mol. The van der Waals surface area contributed by atoms with E-state index < -0.39 is 7.82 Å². The molecule has 1 unspecified atom stereocenters. The number of hydrogen-bond donors (Lipinski definition) is 4. The number of thiazole rings is 1. The van der Waals surface area contributed by atoms with E-state index in [1.165, 1.54) is 0 Å². The van der Waals surface area contributed by atoms with E-state index >= 15 is 0 Å².